The summed E-state index contributed by atoms with van der Waals surface area (Å²) in [6.07, 6.45) is 0. The van der Waals surface area contributed by atoms with E-state index in [2.05, 4.69) is 0 Å². The fourth-order valence-electron chi connectivity index (χ4n) is 1.73. The van der Waals surface area contributed by atoms with Crippen molar-refractivity contribution < 1.29 is 9.59 Å². The summed E-state index contributed by atoms with van der Waals surface area (Å²) in [6, 6.07) is 6.44. The van der Waals surface area contributed by atoms with E-state index >= 15 is 0 Å². The van der Waals surface area contributed by atoms with Crippen molar-refractivity contribution in [1.82, 2.24) is 0 Å². The van der Waals surface area contributed by atoms with Crippen LogP contribution in [0, 0.1) is 0 Å². The van der Waals surface area contributed by atoms with Gasteiger partial charge in [0.05, 0.1) is 0 Å². The van der Waals surface area contributed by atoms with Crippen LogP contribution in [0.25, 0.3) is 0 Å². The normalized spacial score (nSPS) is 19.1. The minimum Gasteiger partial charge on any atom is -0.368 e. The largest absolute Gasteiger partial charge is 0.368 e. The summed E-state index contributed by atoms with van der Waals surface area (Å²) in [5, 5.41) is 0. The first-order valence-electron chi connectivity index (χ1n) is 4.55. The maximum absolute atomic E-state index is 11.7. The molecule has 0 saturated carbocycles. The molecule has 1 atom stereocenters. The second-order valence-electron chi connectivity index (χ2n) is 3.43. The Morgan fingerprint density at radius 2 is 2.07 bits per heavy atom. The Labute approximate surface area is 86.6 Å². The highest BCUT2D eigenvalue weighted by molar-refractivity contribution is 6.07. The molecular formula is C10H11N3O2. The zero-order valence-corrected chi connectivity index (χ0v) is 8.01. The van der Waals surface area contributed by atoms with Gasteiger partial charge in [0, 0.05) is 11.3 Å². The van der Waals surface area contributed by atoms with Gasteiger partial charge >= 0.3 is 0 Å². The second-order valence-corrected chi connectivity index (χ2v) is 3.43. The SMILES string of the molecule is NC(=O)CN1C(=O)C(N)c2ccccc21. The number of nitrogens with zero attached hydrogens (tertiary/aromatic N) is 1. The quantitative estimate of drug-likeness (QED) is 0.683. The van der Waals surface area contributed by atoms with Crippen molar-refractivity contribution in [2.75, 3.05) is 11.4 Å². The van der Waals surface area contributed by atoms with Crippen LogP contribution in [0.3, 0.4) is 0 Å². The number of carbonyl (C=O) groups excluding carboxylic acids is 2. The first-order valence-corrected chi connectivity index (χ1v) is 4.55. The molecule has 0 spiro atoms. The molecule has 0 saturated heterocycles. The summed E-state index contributed by atoms with van der Waals surface area (Å²) < 4.78 is 0. The topological polar surface area (TPSA) is 89.4 Å². The molecular weight excluding hydrogens is 194 g/mol. The van der Waals surface area contributed by atoms with Gasteiger partial charge in [0.25, 0.3) is 0 Å². The van der Waals surface area contributed by atoms with Crippen molar-refractivity contribution in [2.24, 2.45) is 11.5 Å². The van der Waals surface area contributed by atoms with Crippen molar-refractivity contribution in [2.45, 2.75) is 6.04 Å². The molecule has 5 nitrogen and oxygen atoms in total. The molecule has 2 rings (SSSR count). The third-order valence-corrected chi connectivity index (χ3v) is 2.41. The van der Waals surface area contributed by atoms with E-state index < -0.39 is 11.9 Å². The Kier molecular flexibility index (Phi) is 2.17. The molecule has 1 aromatic carbocycles. The zero-order valence-electron chi connectivity index (χ0n) is 8.01. The standard InChI is InChI=1S/C10H11N3O2/c11-8(14)5-13-7-4-2-1-3-6(7)9(12)10(13)15/h1-4,9H,5,12H2,(H2,11,14). The van der Waals surface area contributed by atoms with Crippen LogP contribution in [0.4, 0.5) is 5.69 Å². The van der Waals surface area contributed by atoms with Crippen LogP contribution in [0.2, 0.25) is 0 Å². The fraction of sp³-hybridized carbons (Fsp3) is 0.200. The van der Waals surface area contributed by atoms with E-state index in [9.17, 15) is 9.59 Å². The average molecular weight is 205 g/mol. The van der Waals surface area contributed by atoms with Crippen molar-refractivity contribution in [1.29, 1.82) is 0 Å². The third kappa shape index (κ3) is 1.46. The highest BCUT2D eigenvalue weighted by atomic mass is 16.2. The molecule has 1 unspecified atom stereocenters. The van der Waals surface area contributed by atoms with Crippen molar-refractivity contribution in [3.63, 3.8) is 0 Å². The van der Waals surface area contributed by atoms with Crippen molar-refractivity contribution in [3.05, 3.63) is 29.8 Å². The second kappa shape index (κ2) is 3.36. The van der Waals surface area contributed by atoms with E-state index in [0.717, 1.165) is 5.56 Å². The van der Waals surface area contributed by atoms with Gasteiger partial charge in [-0.2, -0.15) is 0 Å². The first-order chi connectivity index (χ1) is 7.11. The number of hydrogen-bond donors (Lipinski definition) is 2. The number of carbonyl (C=O) groups is 2. The van der Waals surface area contributed by atoms with E-state index in [-0.39, 0.29) is 12.5 Å². The number of hydrogen-bond acceptors (Lipinski definition) is 3. The van der Waals surface area contributed by atoms with Crippen molar-refractivity contribution in [3.8, 4) is 0 Å². The molecule has 1 heterocycles. The maximum atomic E-state index is 11.7. The molecule has 2 amide bonds. The molecule has 0 radical (unpaired) electrons. The lowest BCUT2D eigenvalue weighted by Gasteiger charge is -2.14. The molecule has 1 aliphatic heterocycles. The molecule has 0 aliphatic carbocycles. The van der Waals surface area contributed by atoms with Gasteiger partial charge in [0.15, 0.2) is 0 Å². The predicted molar refractivity (Wildman–Crippen MR) is 54.9 cm³/mol. The number of primary amides is 1. The Morgan fingerprint density at radius 1 is 1.40 bits per heavy atom. The van der Waals surface area contributed by atoms with Crippen LogP contribution in [0.5, 0.6) is 0 Å². The summed E-state index contributed by atoms with van der Waals surface area (Å²) in [5.74, 6) is -0.831. The molecule has 78 valence electrons. The van der Waals surface area contributed by atoms with Gasteiger partial charge < -0.3 is 16.4 Å². The lowest BCUT2D eigenvalue weighted by molar-refractivity contribution is -0.122. The molecule has 0 fully saturated rings. The number of anilines is 1. The number of amides is 2. The minimum atomic E-state index is -0.680. The van der Waals surface area contributed by atoms with Crippen LogP contribution in [0.15, 0.2) is 24.3 Å². The number of rotatable bonds is 2. The molecule has 0 bridgehead atoms. The van der Waals surface area contributed by atoms with E-state index in [0.29, 0.717) is 5.69 Å². The van der Waals surface area contributed by atoms with Crippen LogP contribution in [-0.2, 0) is 9.59 Å². The summed E-state index contributed by atoms with van der Waals surface area (Å²) >= 11 is 0. The third-order valence-electron chi connectivity index (χ3n) is 2.41. The highest BCUT2D eigenvalue weighted by Crippen LogP contribution is 2.33. The van der Waals surface area contributed by atoms with Crippen LogP contribution in [0.1, 0.15) is 11.6 Å². The lowest BCUT2D eigenvalue weighted by Crippen LogP contribution is -2.38. The van der Waals surface area contributed by atoms with Gasteiger partial charge in [0.1, 0.15) is 12.6 Å². The minimum absolute atomic E-state index is 0.121. The van der Waals surface area contributed by atoms with E-state index in [1.807, 2.05) is 0 Å². The van der Waals surface area contributed by atoms with Crippen LogP contribution < -0.4 is 16.4 Å². The number of nitrogens with two attached hydrogens (primary N) is 2. The van der Waals surface area contributed by atoms with Gasteiger partial charge in [-0.05, 0) is 6.07 Å². The van der Waals surface area contributed by atoms with Crippen LogP contribution >= 0.6 is 0 Å². The Hall–Kier alpha value is -1.88. The Morgan fingerprint density at radius 3 is 2.73 bits per heavy atom. The average Bonchev–Trinajstić information content (AvgIpc) is 2.44. The Bertz CT molecular complexity index is 430. The zero-order chi connectivity index (χ0) is 11.0. The molecule has 1 aliphatic rings. The van der Waals surface area contributed by atoms with Crippen LogP contribution in [-0.4, -0.2) is 18.4 Å². The molecule has 1 aromatic rings. The van der Waals surface area contributed by atoms with E-state index in [1.165, 1.54) is 4.90 Å². The maximum Gasteiger partial charge on any atom is 0.249 e. The summed E-state index contributed by atoms with van der Waals surface area (Å²) in [6.45, 7) is -0.121. The summed E-state index contributed by atoms with van der Waals surface area (Å²) in [7, 11) is 0. The molecule has 15 heavy (non-hydrogen) atoms. The number of para-hydroxylation sites is 1. The van der Waals surface area contributed by atoms with E-state index in [4.69, 9.17) is 11.5 Å². The van der Waals surface area contributed by atoms with Gasteiger partial charge in [-0.1, -0.05) is 18.2 Å². The van der Waals surface area contributed by atoms with E-state index in [1.54, 1.807) is 24.3 Å². The number of benzene rings is 1. The number of fused-ring (bicyclic) bond motifs is 1. The van der Waals surface area contributed by atoms with Gasteiger partial charge in [-0.3, -0.25) is 9.59 Å². The summed E-state index contributed by atoms with van der Waals surface area (Å²) in [5.41, 5.74) is 12.2. The fourth-order valence-corrected chi connectivity index (χ4v) is 1.73. The first kappa shape index (κ1) is 9.67. The molecule has 5 heteroatoms. The van der Waals surface area contributed by atoms with Crippen molar-refractivity contribution >= 4 is 17.5 Å². The monoisotopic (exact) mass is 205 g/mol. The van der Waals surface area contributed by atoms with Gasteiger partial charge in [-0.15, -0.1) is 0 Å². The lowest BCUT2D eigenvalue weighted by atomic mass is 10.1. The molecule has 0 aromatic heterocycles. The van der Waals surface area contributed by atoms with Gasteiger partial charge in [0.2, 0.25) is 11.8 Å². The smallest absolute Gasteiger partial charge is 0.249 e. The Balaban J connectivity index is 2.42. The highest BCUT2D eigenvalue weighted by Gasteiger charge is 2.34. The predicted octanol–water partition coefficient (Wildman–Crippen LogP) is -0.482. The van der Waals surface area contributed by atoms with Gasteiger partial charge in [-0.25, -0.2) is 0 Å². The summed E-state index contributed by atoms with van der Waals surface area (Å²) in [4.78, 5) is 23.8. The molecule has 4 N–H and O–H groups in total.